The van der Waals surface area contributed by atoms with E-state index in [1.165, 1.54) is 25.7 Å². The summed E-state index contributed by atoms with van der Waals surface area (Å²) in [6.45, 7) is 4.82. The predicted octanol–water partition coefficient (Wildman–Crippen LogP) is 1.03. The molecule has 1 aliphatic carbocycles. The van der Waals surface area contributed by atoms with Crippen molar-refractivity contribution in [2.75, 3.05) is 6.54 Å². The normalized spacial score (nSPS) is 27.1. The average Bonchev–Trinajstić information content (AvgIpc) is 2.01. The maximum atomic E-state index is 10.6. The Morgan fingerprint density at radius 3 is 2.77 bits per heavy atom. The topological polar surface area (TPSA) is 55.1 Å². The van der Waals surface area contributed by atoms with E-state index in [0.29, 0.717) is 18.0 Å². The minimum Gasteiger partial charge on any atom is -0.369 e. The predicted molar refractivity (Wildman–Crippen MR) is 53.2 cm³/mol. The molecule has 0 spiro atoms. The Hall–Kier alpha value is -0.570. The number of amides is 1. The molecule has 0 saturated heterocycles. The minimum atomic E-state index is -0.263. The molecule has 1 rings (SSSR count). The standard InChI is InChI=1S/C10H20N2O/c1-10(2)6-4-3-5-8(10)12-7-9(11)13/h8,12H,3-7H2,1-2H3,(H2,11,13). The molecule has 1 amide bonds. The highest BCUT2D eigenvalue weighted by Gasteiger charge is 2.31. The Bertz CT molecular complexity index is 189. The first-order valence-corrected chi connectivity index (χ1v) is 5.04. The monoisotopic (exact) mass is 184 g/mol. The summed E-state index contributed by atoms with van der Waals surface area (Å²) in [7, 11) is 0. The largest absolute Gasteiger partial charge is 0.369 e. The highest BCUT2D eigenvalue weighted by Crippen LogP contribution is 2.35. The molecule has 1 atom stereocenters. The Kier molecular flexibility index (Phi) is 3.31. The number of nitrogens with two attached hydrogens (primary N) is 1. The van der Waals surface area contributed by atoms with Crippen molar-refractivity contribution in [1.82, 2.24) is 5.32 Å². The summed E-state index contributed by atoms with van der Waals surface area (Å²) < 4.78 is 0. The Balaban J connectivity index is 2.41. The smallest absolute Gasteiger partial charge is 0.231 e. The first kappa shape index (κ1) is 10.5. The van der Waals surface area contributed by atoms with Gasteiger partial charge in [-0.1, -0.05) is 26.7 Å². The molecule has 1 fully saturated rings. The molecule has 0 bridgehead atoms. The average molecular weight is 184 g/mol. The summed E-state index contributed by atoms with van der Waals surface area (Å²) in [5, 5.41) is 3.24. The zero-order chi connectivity index (χ0) is 9.90. The second kappa shape index (κ2) is 4.09. The first-order valence-electron chi connectivity index (χ1n) is 5.04. The third-order valence-electron chi connectivity index (χ3n) is 3.03. The van der Waals surface area contributed by atoms with Crippen LogP contribution in [-0.2, 0) is 4.79 Å². The maximum absolute atomic E-state index is 10.6. The molecule has 0 aromatic rings. The van der Waals surface area contributed by atoms with Crippen LogP contribution in [0.5, 0.6) is 0 Å². The Morgan fingerprint density at radius 1 is 1.54 bits per heavy atom. The van der Waals surface area contributed by atoms with E-state index in [4.69, 9.17) is 5.73 Å². The first-order chi connectivity index (χ1) is 6.02. The van der Waals surface area contributed by atoms with Crippen molar-refractivity contribution >= 4 is 5.91 Å². The maximum Gasteiger partial charge on any atom is 0.231 e. The lowest BCUT2D eigenvalue weighted by Crippen LogP contribution is -2.46. The van der Waals surface area contributed by atoms with Gasteiger partial charge in [-0.05, 0) is 18.3 Å². The molecular formula is C10H20N2O. The van der Waals surface area contributed by atoms with Gasteiger partial charge in [0.25, 0.3) is 0 Å². The minimum absolute atomic E-state index is 0.263. The fourth-order valence-corrected chi connectivity index (χ4v) is 2.10. The summed E-state index contributed by atoms with van der Waals surface area (Å²) in [6, 6.07) is 0.453. The van der Waals surface area contributed by atoms with Gasteiger partial charge < -0.3 is 11.1 Å². The van der Waals surface area contributed by atoms with E-state index in [2.05, 4.69) is 19.2 Å². The van der Waals surface area contributed by atoms with Crippen LogP contribution in [0.3, 0.4) is 0 Å². The van der Waals surface area contributed by atoms with E-state index in [-0.39, 0.29) is 5.91 Å². The highest BCUT2D eigenvalue weighted by atomic mass is 16.1. The van der Waals surface area contributed by atoms with Gasteiger partial charge in [-0.15, -0.1) is 0 Å². The van der Waals surface area contributed by atoms with Gasteiger partial charge in [0.1, 0.15) is 0 Å². The molecule has 3 nitrogen and oxygen atoms in total. The molecule has 0 aromatic heterocycles. The third kappa shape index (κ3) is 2.99. The van der Waals surface area contributed by atoms with Crippen LogP contribution in [-0.4, -0.2) is 18.5 Å². The summed E-state index contributed by atoms with van der Waals surface area (Å²) in [4.78, 5) is 10.6. The number of nitrogens with one attached hydrogen (secondary N) is 1. The van der Waals surface area contributed by atoms with E-state index in [1.54, 1.807) is 0 Å². The number of primary amides is 1. The zero-order valence-corrected chi connectivity index (χ0v) is 8.60. The quantitative estimate of drug-likeness (QED) is 0.688. The lowest BCUT2D eigenvalue weighted by molar-refractivity contribution is -0.117. The van der Waals surface area contributed by atoms with Gasteiger partial charge in [0.05, 0.1) is 6.54 Å². The van der Waals surface area contributed by atoms with Gasteiger partial charge in [0.15, 0.2) is 0 Å². The molecule has 0 radical (unpaired) electrons. The molecular weight excluding hydrogens is 164 g/mol. The van der Waals surface area contributed by atoms with Crippen molar-refractivity contribution in [1.29, 1.82) is 0 Å². The van der Waals surface area contributed by atoms with Crippen LogP contribution in [0.2, 0.25) is 0 Å². The van der Waals surface area contributed by atoms with Gasteiger partial charge in [0, 0.05) is 6.04 Å². The molecule has 1 unspecified atom stereocenters. The van der Waals surface area contributed by atoms with Crippen molar-refractivity contribution in [2.24, 2.45) is 11.1 Å². The van der Waals surface area contributed by atoms with E-state index in [9.17, 15) is 4.79 Å². The molecule has 0 aromatic carbocycles. The van der Waals surface area contributed by atoms with Crippen LogP contribution < -0.4 is 11.1 Å². The SMILES string of the molecule is CC1(C)CCCCC1NCC(N)=O. The van der Waals surface area contributed by atoms with E-state index in [0.717, 1.165) is 0 Å². The number of rotatable bonds is 3. The molecule has 3 N–H and O–H groups in total. The molecule has 1 saturated carbocycles. The van der Waals surface area contributed by atoms with Crippen LogP contribution in [0.25, 0.3) is 0 Å². The van der Waals surface area contributed by atoms with Crippen LogP contribution >= 0.6 is 0 Å². The highest BCUT2D eigenvalue weighted by molar-refractivity contribution is 5.75. The lowest BCUT2D eigenvalue weighted by atomic mass is 9.73. The lowest BCUT2D eigenvalue weighted by Gasteiger charge is -2.39. The van der Waals surface area contributed by atoms with Gasteiger partial charge in [-0.2, -0.15) is 0 Å². The summed E-state index contributed by atoms with van der Waals surface area (Å²) in [5.41, 5.74) is 5.41. The van der Waals surface area contributed by atoms with Crippen molar-refractivity contribution in [2.45, 2.75) is 45.6 Å². The van der Waals surface area contributed by atoms with Gasteiger partial charge in [-0.25, -0.2) is 0 Å². The van der Waals surface area contributed by atoms with Gasteiger partial charge in [0.2, 0.25) is 5.91 Å². The fourth-order valence-electron chi connectivity index (χ4n) is 2.10. The van der Waals surface area contributed by atoms with E-state index < -0.39 is 0 Å². The Morgan fingerprint density at radius 2 is 2.23 bits per heavy atom. The molecule has 3 heteroatoms. The van der Waals surface area contributed by atoms with Crippen molar-refractivity contribution in [3.63, 3.8) is 0 Å². The van der Waals surface area contributed by atoms with Gasteiger partial charge >= 0.3 is 0 Å². The van der Waals surface area contributed by atoms with E-state index >= 15 is 0 Å². The number of carbonyl (C=O) groups is 1. The summed E-state index contributed by atoms with van der Waals surface area (Å²) in [5.74, 6) is -0.263. The van der Waals surface area contributed by atoms with Crippen molar-refractivity contribution in [3.8, 4) is 0 Å². The summed E-state index contributed by atoms with van der Waals surface area (Å²) >= 11 is 0. The molecule has 76 valence electrons. The van der Waals surface area contributed by atoms with Crippen LogP contribution in [0, 0.1) is 5.41 Å². The fraction of sp³-hybridized carbons (Fsp3) is 0.900. The molecule has 0 heterocycles. The molecule has 0 aliphatic heterocycles. The van der Waals surface area contributed by atoms with Crippen LogP contribution in [0.15, 0.2) is 0 Å². The van der Waals surface area contributed by atoms with Crippen molar-refractivity contribution < 1.29 is 4.79 Å². The van der Waals surface area contributed by atoms with Crippen molar-refractivity contribution in [3.05, 3.63) is 0 Å². The van der Waals surface area contributed by atoms with Crippen LogP contribution in [0.1, 0.15) is 39.5 Å². The van der Waals surface area contributed by atoms with E-state index in [1.807, 2.05) is 0 Å². The van der Waals surface area contributed by atoms with Gasteiger partial charge in [-0.3, -0.25) is 4.79 Å². The third-order valence-corrected chi connectivity index (χ3v) is 3.03. The molecule has 13 heavy (non-hydrogen) atoms. The summed E-state index contributed by atoms with van der Waals surface area (Å²) in [6.07, 6.45) is 4.98. The number of hydrogen-bond donors (Lipinski definition) is 2. The molecule has 1 aliphatic rings. The zero-order valence-electron chi connectivity index (χ0n) is 8.60. The second-order valence-electron chi connectivity index (χ2n) is 4.63. The number of carbonyl (C=O) groups excluding carboxylic acids is 1. The second-order valence-corrected chi connectivity index (χ2v) is 4.63. The Labute approximate surface area is 80.1 Å². The van der Waals surface area contributed by atoms with Crippen LogP contribution in [0.4, 0.5) is 0 Å². The number of hydrogen-bond acceptors (Lipinski definition) is 2.